The number of alkyl carbamates (subject to hydrolysis) is 1. The number of rotatable bonds is 8. The Labute approximate surface area is 118 Å². The van der Waals surface area contributed by atoms with E-state index in [2.05, 4.69) is 10.6 Å². The van der Waals surface area contributed by atoms with Crippen LogP contribution in [0.5, 0.6) is 0 Å². The predicted octanol–water partition coefficient (Wildman–Crippen LogP) is 0.802. The second-order valence-corrected chi connectivity index (χ2v) is 4.20. The highest BCUT2D eigenvalue weighted by Crippen LogP contribution is 2.00. The SMILES string of the molecule is O=C(CNC(=O)OCc1ccccc1)NCCCCO. The Morgan fingerprint density at radius 1 is 1.10 bits per heavy atom. The van der Waals surface area contributed by atoms with Crippen LogP contribution in [-0.2, 0) is 16.1 Å². The fraction of sp³-hybridized carbons (Fsp3) is 0.429. The zero-order chi connectivity index (χ0) is 14.6. The molecule has 0 fully saturated rings. The minimum absolute atomic E-state index is 0.111. The molecule has 6 heteroatoms. The Morgan fingerprint density at radius 3 is 2.55 bits per heavy atom. The summed E-state index contributed by atoms with van der Waals surface area (Å²) in [4.78, 5) is 22.7. The van der Waals surface area contributed by atoms with Crippen LogP contribution >= 0.6 is 0 Å². The van der Waals surface area contributed by atoms with E-state index in [1.54, 1.807) is 0 Å². The van der Waals surface area contributed by atoms with E-state index < -0.39 is 6.09 Å². The van der Waals surface area contributed by atoms with Crippen molar-refractivity contribution >= 4 is 12.0 Å². The van der Waals surface area contributed by atoms with Gasteiger partial charge in [0.15, 0.2) is 0 Å². The summed E-state index contributed by atoms with van der Waals surface area (Å²) in [5.74, 6) is -0.278. The molecule has 3 N–H and O–H groups in total. The minimum atomic E-state index is -0.626. The second-order valence-electron chi connectivity index (χ2n) is 4.20. The first-order valence-corrected chi connectivity index (χ1v) is 6.54. The number of benzene rings is 1. The van der Waals surface area contributed by atoms with Crippen LogP contribution in [0.4, 0.5) is 4.79 Å². The van der Waals surface area contributed by atoms with E-state index in [0.29, 0.717) is 19.4 Å². The van der Waals surface area contributed by atoms with Crippen LogP contribution in [0.15, 0.2) is 30.3 Å². The van der Waals surface area contributed by atoms with Crippen LogP contribution in [0.1, 0.15) is 18.4 Å². The van der Waals surface area contributed by atoms with Gasteiger partial charge >= 0.3 is 6.09 Å². The topological polar surface area (TPSA) is 87.7 Å². The third-order valence-electron chi connectivity index (χ3n) is 2.51. The third-order valence-corrected chi connectivity index (χ3v) is 2.51. The second kappa shape index (κ2) is 9.80. The summed E-state index contributed by atoms with van der Waals surface area (Å²) in [5.41, 5.74) is 0.885. The van der Waals surface area contributed by atoms with Gasteiger partial charge in [0.1, 0.15) is 6.61 Å². The molecule has 1 aromatic carbocycles. The number of unbranched alkanes of at least 4 members (excludes halogenated alkanes) is 1. The molecule has 0 aliphatic heterocycles. The van der Waals surface area contributed by atoms with Crippen molar-refractivity contribution in [3.8, 4) is 0 Å². The number of amides is 2. The van der Waals surface area contributed by atoms with Gasteiger partial charge in [0.2, 0.25) is 5.91 Å². The van der Waals surface area contributed by atoms with E-state index in [1.165, 1.54) is 0 Å². The predicted molar refractivity (Wildman–Crippen MR) is 74.0 cm³/mol. The first kappa shape index (κ1) is 16.0. The van der Waals surface area contributed by atoms with Crippen LogP contribution in [0, 0.1) is 0 Å². The maximum Gasteiger partial charge on any atom is 0.407 e. The molecule has 0 unspecified atom stereocenters. The number of carbonyl (C=O) groups excluding carboxylic acids is 2. The van der Waals surface area contributed by atoms with Crippen LogP contribution in [0.2, 0.25) is 0 Å². The van der Waals surface area contributed by atoms with Gasteiger partial charge in [0.05, 0.1) is 6.54 Å². The van der Waals surface area contributed by atoms with Crippen molar-refractivity contribution in [3.63, 3.8) is 0 Å². The number of ether oxygens (including phenoxy) is 1. The third kappa shape index (κ3) is 7.38. The molecule has 110 valence electrons. The average Bonchev–Trinajstić information content (AvgIpc) is 2.48. The quantitative estimate of drug-likeness (QED) is 0.615. The normalized spacial score (nSPS) is 9.85. The van der Waals surface area contributed by atoms with Crippen LogP contribution < -0.4 is 10.6 Å². The Morgan fingerprint density at radius 2 is 1.85 bits per heavy atom. The first-order chi connectivity index (χ1) is 9.72. The Kier molecular flexibility index (Phi) is 7.83. The van der Waals surface area contributed by atoms with E-state index >= 15 is 0 Å². The number of nitrogens with one attached hydrogen (secondary N) is 2. The molecule has 6 nitrogen and oxygen atoms in total. The summed E-state index contributed by atoms with van der Waals surface area (Å²) in [6.07, 6.45) is 0.729. The van der Waals surface area contributed by atoms with E-state index in [4.69, 9.17) is 9.84 Å². The molecule has 1 rings (SSSR count). The van der Waals surface area contributed by atoms with Gasteiger partial charge in [-0.25, -0.2) is 4.79 Å². The lowest BCUT2D eigenvalue weighted by atomic mass is 10.2. The maximum atomic E-state index is 11.4. The molecule has 20 heavy (non-hydrogen) atoms. The lowest BCUT2D eigenvalue weighted by Crippen LogP contribution is -2.37. The summed E-state index contributed by atoms with van der Waals surface area (Å²) in [6, 6.07) is 9.29. The molecule has 0 heterocycles. The van der Waals surface area contributed by atoms with Crippen molar-refractivity contribution in [1.82, 2.24) is 10.6 Å². The highest BCUT2D eigenvalue weighted by molar-refractivity contribution is 5.82. The van der Waals surface area contributed by atoms with E-state index in [0.717, 1.165) is 5.56 Å². The van der Waals surface area contributed by atoms with Crippen LogP contribution in [0.25, 0.3) is 0 Å². The fourth-order valence-corrected chi connectivity index (χ4v) is 1.45. The van der Waals surface area contributed by atoms with Crippen molar-refractivity contribution in [2.24, 2.45) is 0 Å². The largest absolute Gasteiger partial charge is 0.445 e. The summed E-state index contributed by atoms with van der Waals surface area (Å²) in [7, 11) is 0. The van der Waals surface area contributed by atoms with Gasteiger partial charge in [-0.05, 0) is 18.4 Å². The number of aliphatic hydroxyl groups is 1. The fourth-order valence-electron chi connectivity index (χ4n) is 1.45. The number of hydrogen-bond acceptors (Lipinski definition) is 4. The van der Waals surface area contributed by atoms with Gasteiger partial charge in [0, 0.05) is 13.2 Å². The maximum absolute atomic E-state index is 11.4. The monoisotopic (exact) mass is 280 g/mol. The van der Waals surface area contributed by atoms with Gasteiger partial charge in [-0.2, -0.15) is 0 Å². The lowest BCUT2D eigenvalue weighted by Gasteiger charge is -2.07. The molecule has 0 aliphatic rings. The molecular weight excluding hydrogens is 260 g/mol. The zero-order valence-electron chi connectivity index (χ0n) is 11.3. The Balaban J connectivity index is 2.09. The van der Waals surface area contributed by atoms with Crippen molar-refractivity contribution in [2.75, 3.05) is 19.7 Å². The molecule has 0 aromatic heterocycles. The molecule has 0 saturated heterocycles. The van der Waals surface area contributed by atoms with E-state index in [1.807, 2.05) is 30.3 Å². The first-order valence-electron chi connectivity index (χ1n) is 6.54. The zero-order valence-corrected chi connectivity index (χ0v) is 11.3. The van der Waals surface area contributed by atoms with Gasteiger partial charge in [-0.1, -0.05) is 30.3 Å². The molecule has 0 atom stereocenters. The van der Waals surface area contributed by atoms with Crippen molar-refractivity contribution in [3.05, 3.63) is 35.9 Å². The molecule has 0 bridgehead atoms. The Bertz CT molecular complexity index is 409. The van der Waals surface area contributed by atoms with E-state index in [9.17, 15) is 9.59 Å². The van der Waals surface area contributed by atoms with Gasteiger partial charge < -0.3 is 20.5 Å². The van der Waals surface area contributed by atoms with Gasteiger partial charge in [-0.3, -0.25) is 4.79 Å². The summed E-state index contributed by atoms with van der Waals surface area (Å²) in [5, 5.41) is 13.6. The molecule has 0 aliphatic carbocycles. The molecular formula is C14H20N2O4. The minimum Gasteiger partial charge on any atom is -0.445 e. The highest BCUT2D eigenvalue weighted by atomic mass is 16.5. The standard InChI is InChI=1S/C14H20N2O4/c17-9-5-4-8-15-13(18)10-16-14(19)20-11-12-6-2-1-3-7-12/h1-3,6-7,17H,4-5,8-11H2,(H,15,18)(H,16,19). The summed E-state index contributed by atoms with van der Waals surface area (Å²) >= 11 is 0. The van der Waals surface area contributed by atoms with Gasteiger partial charge in [0.25, 0.3) is 0 Å². The number of carbonyl (C=O) groups is 2. The summed E-state index contributed by atoms with van der Waals surface area (Å²) < 4.78 is 4.96. The Hall–Kier alpha value is -2.08. The molecule has 0 radical (unpaired) electrons. The molecule has 0 saturated carbocycles. The van der Waals surface area contributed by atoms with E-state index in [-0.39, 0.29) is 25.7 Å². The molecule has 2 amide bonds. The lowest BCUT2D eigenvalue weighted by molar-refractivity contribution is -0.120. The highest BCUT2D eigenvalue weighted by Gasteiger charge is 2.05. The average molecular weight is 280 g/mol. The number of hydrogen-bond donors (Lipinski definition) is 3. The summed E-state index contributed by atoms with van der Waals surface area (Å²) in [6.45, 7) is 0.650. The van der Waals surface area contributed by atoms with Crippen molar-refractivity contribution in [2.45, 2.75) is 19.4 Å². The van der Waals surface area contributed by atoms with Crippen molar-refractivity contribution in [1.29, 1.82) is 0 Å². The molecule has 0 spiro atoms. The van der Waals surface area contributed by atoms with Gasteiger partial charge in [-0.15, -0.1) is 0 Å². The van der Waals surface area contributed by atoms with Crippen LogP contribution in [0.3, 0.4) is 0 Å². The molecule has 1 aromatic rings. The van der Waals surface area contributed by atoms with Crippen LogP contribution in [-0.4, -0.2) is 36.8 Å². The van der Waals surface area contributed by atoms with Crippen molar-refractivity contribution < 1.29 is 19.4 Å². The number of aliphatic hydroxyl groups excluding tert-OH is 1. The smallest absolute Gasteiger partial charge is 0.407 e.